The molecule has 0 spiro atoms. The Labute approximate surface area is 195 Å². The lowest BCUT2D eigenvalue weighted by atomic mass is 10.0. The summed E-state index contributed by atoms with van der Waals surface area (Å²) < 4.78 is 18.5. The van der Waals surface area contributed by atoms with Gasteiger partial charge in [0.2, 0.25) is 0 Å². The highest BCUT2D eigenvalue weighted by molar-refractivity contribution is 7.53. The molecule has 31 heavy (non-hydrogen) atoms. The predicted molar refractivity (Wildman–Crippen MR) is 137 cm³/mol. The Hall–Kier alpha value is -0.150. The molecule has 2 unspecified atom stereocenters. The van der Waals surface area contributed by atoms with Crippen LogP contribution in [0.4, 0.5) is 0 Å². The molecule has 0 aliphatic heterocycles. The lowest BCUT2D eigenvalue weighted by Crippen LogP contribution is -2.45. The number of allylic oxidation sites excluding steroid dienone is 2. The Morgan fingerprint density at radius 1 is 0.742 bits per heavy atom. The van der Waals surface area contributed by atoms with Gasteiger partial charge >= 0.3 is 7.60 Å². The summed E-state index contributed by atoms with van der Waals surface area (Å²) in [6.07, 6.45) is 25.6. The van der Waals surface area contributed by atoms with E-state index in [0.717, 1.165) is 25.7 Å². The maximum atomic E-state index is 12.6. The van der Waals surface area contributed by atoms with Gasteiger partial charge in [0.1, 0.15) is 0 Å². The van der Waals surface area contributed by atoms with Gasteiger partial charge in [-0.1, -0.05) is 96.6 Å². The van der Waals surface area contributed by atoms with Gasteiger partial charge < -0.3 is 13.9 Å². The molecular weight excluding hydrogens is 405 g/mol. The largest absolute Gasteiger partial charge is 0.385 e. The van der Waals surface area contributed by atoms with Gasteiger partial charge in [0, 0.05) is 6.42 Å². The Bertz CT molecular complexity index is 474. The minimum atomic E-state index is -3.58. The zero-order chi connectivity index (χ0) is 23.4. The molecule has 0 aliphatic rings. The highest BCUT2D eigenvalue weighted by atomic mass is 31.2. The van der Waals surface area contributed by atoms with Crippen molar-refractivity contribution in [1.82, 2.24) is 0 Å². The fourth-order valence-corrected chi connectivity index (χ4v) is 6.09. The molecule has 0 saturated carbocycles. The van der Waals surface area contributed by atoms with Gasteiger partial charge in [-0.25, -0.2) is 0 Å². The molecule has 0 radical (unpaired) electrons. The maximum absolute atomic E-state index is 12.6. The van der Waals surface area contributed by atoms with Crippen LogP contribution in [-0.2, 0) is 9.09 Å². The summed E-state index contributed by atoms with van der Waals surface area (Å²) in [5, 5.41) is 0. The van der Waals surface area contributed by atoms with Crippen LogP contribution in [-0.4, -0.2) is 42.9 Å². The number of unbranched alkanes of at least 4 members (excludes halogenated alkanes) is 13. The molecule has 0 heterocycles. The van der Waals surface area contributed by atoms with E-state index in [1.54, 1.807) is 0 Å². The van der Waals surface area contributed by atoms with Gasteiger partial charge in [0.25, 0.3) is 0 Å². The second-order valence-electron chi connectivity index (χ2n) is 10.1. The van der Waals surface area contributed by atoms with Crippen molar-refractivity contribution in [1.29, 1.82) is 0 Å². The molecule has 0 aromatic heterocycles. The topological polar surface area (TPSA) is 46.5 Å². The van der Waals surface area contributed by atoms with Gasteiger partial charge in [-0.05, 0) is 32.1 Å². The first kappa shape index (κ1) is 30.9. The summed E-state index contributed by atoms with van der Waals surface area (Å²) >= 11 is 0. The van der Waals surface area contributed by atoms with Crippen molar-refractivity contribution in [3.63, 3.8) is 0 Å². The van der Waals surface area contributed by atoms with E-state index in [2.05, 4.69) is 19.1 Å². The first-order chi connectivity index (χ1) is 14.8. The Kier molecular flexibility index (Phi) is 19.2. The van der Waals surface area contributed by atoms with Gasteiger partial charge in [-0.3, -0.25) is 4.57 Å². The van der Waals surface area contributed by atoms with Crippen LogP contribution in [0.5, 0.6) is 0 Å². The molecule has 0 bridgehead atoms. The van der Waals surface area contributed by atoms with Crippen molar-refractivity contribution in [3.05, 3.63) is 12.2 Å². The number of nitrogens with zero attached hydrogens (tertiary/aromatic N) is 1. The summed E-state index contributed by atoms with van der Waals surface area (Å²) in [5.41, 5.74) is 0. The summed E-state index contributed by atoms with van der Waals surface area (Å²) in [4.78, 5) is 10.4. The number of quaternary nitrogens is 1. The molecule has 5 heteroatoms. The maximum Gasteiger partial charge on any atom is 0.385 e. The monoisotopic (exact) mass is 460 g/mol. The van der Waals surface area contributed by atoms with Crippen molar-refractivity contribution in [3.8, 4) is 0 Å². The summed E-state index contributed by atoms with van der Waals surface area (Å²) in [5.74, 6) is -0.348. The molecule has 1 N–H and O–H groups in total. The van der Waals surface area contributed by atoms with Crippen molar-refractivity contribution in [2.24, 2.45) is 0 Å². The smallest absolute Gasteiger partial charge is 0.320 e. The Balaban J connectivity index is 3.60. The first-order valence-corrected chi connectivity index (χ1v) is 14.8. The highest BCUT2D eigenvalue weighted by Gasteiger charge is 2.41. The van der Waals surface area contributed by atoms with Crippen LogP contribution in [0.1, 0.15) is 123 Å². The van der Waals surface area contributed by atoms with E-state index in [1.165, 1.54) is 77.0 Å². The van der Waals surface area contributed by atoms with Crippen molar-refractivity contribution < 1.29 is 18.5 Å². The van der Waals surface area contributed by atoms with Gasteiger partial charge in [-0.2, -0.15) is 0 Å². The van der Waals surface area contributed by atoms with E-state index in [-0.39, 0.29) is 5.78 Å². The molecule has 2 atom stereocenters. The molecule has 0 rings (SSSR count). The molecule has 0 saturated heterocycles. The van der Waals surface area contributed by atoms with Crippen LogP contribution in [0.3, 0.4) is 0 Å². The number of hydrogen-bond acceptors (Lipinski definition) is 2. The minimum Gasteiger partial charge on any atom is -0.320 e. The van der Waals surface area contributed by atoms with E-state index >= 15 is 0 Å². The molecule has 0 aromatic carbocycles. The fraction of sp³-hybridized carbons (Fsp3) is 0.923. The van der Waals surface area contributed by atoms with Crippen LogP contribution in [0.25, 0.3) is 0 Å². The lowest BCUT2D eigenvalue weighted by molar-refractivity contribution is -0.883. The van der Waals surface area contributed by atoms with Crippen molar-refractivity contribution >= 4 is 7.60 Å². The van der Waals surface area contributed by atoms with Crippen molar-refractivity contribution in [2.75, 3.05) is 27.7 Å². The van der Waals surface area contributed by atoms with Crippen molar-refractivity contribution in [2.45, 2.75) is 129 Å². The second-order valence-corrected chi connectivity index (χ2v) is 12.1. The van der Waals surface area contributed by atoms with Gasteiger partial charge in [0.05, 0.1) is 27.7 Å². The predicted octanol–water partition coefficient (Wildman–Crippen LogP) is 8.45. The second kappa shape index (κ2) is 19.3. The summed E-state index contributed by atoms with van der Waals surface area (Å²) in [7, 11) is 2.31. The minimum absolute atomic E-state index is 0.348. The van der Waals surface area contributed by atoms with Crippen LogP contribution in [0.2, 0.25) is 0 Å². The summed E-state index contributed by atoms with van der Waals surface area (Å²) in [6, 6.07) is 0. The fourth-order valence-electron chi connectivity index (χ4n) is 4.07. The zero-order valence-corrected chi connectivity index (χ0v) is 22.5. The molecule has 186 valence electrons. The van der Waals surface area contributed by atoms with E-state index < -0.39 is 7.60 Å². The van der Waals surface area contributed by atoms with E-state index in [9.17, 15) is 9.46 Å². The molecule has 0 aliphatic carbocycles. The van der Waals surface area contributed by atoms with Gasteiger partial charge in [-0.15, -0.1) is 0 Å². The quantitative estimate of drug-likeness (QED) is 0.0763. The van der Waals surface area contributed by atoms with E-state index in [4.69, 9.17) is 4.52 Å². The van der Waals surface area contributed by atoms with Crippen LogP contribution < -0.4 is 0 Å². The molecule has 0 amide bonds. The third-order valence-electron chi connectivity index (χ3n) is 6.00. The first-order valence-electron chi connectivity index (χ1n) is 13.2. The molecule has 0 aromatic rings. The molecule has 4 nitrogen and oxygen atoms in total. The number of hydrogen-bond donors (Lipinski definition) is 1. The molecule has 0 fully saturated rings. The third kappa shape index (κ3) is 18.0. The average Bonchev–Trinajstić information content (AvgIpc) is 2.70. The third-order valence-corrected chi connectivity index (χ3v) is 8.26. The normalized spacial score (nSPS) is 15.4. The summed E-state index contributed by atoms with van der Waals surface area (Å²) in [6.45, 7) is 4.68. The van der Waals surface area contributed by atoms with Crippen LogP contribution in [0.15, 0.2) is 12.2 Å². The Morgan fingerprint density at radius 3 is 1.65 bits per heavy atom. The number of rotatable bonds is 22. The molecular formula is C26H55NO3P+. The SMILES string of the molecule is CCCCCCCCCCCCCC/C=C\CCCOP(=O)(O)C(CCC)[N+](C)(C)C. The van der Waals surface area contributed by atoms with E-state index in [0.29, 0.717) is 17.5 Å². The highest BCUT2D eigenvalue weighted by Crippen LogP contribution is 2.51. The average molecular weight is 461 g/mol. The lowest BCUT2D eigenvalue weighted by Gasteiger charge is -2.35. The van der Waals surface area contributed by atoms with Gasteiger partial charge in [0.15, 0.2) is 5.78 Å². The zero-order valence-electron chi connectivity index (χ0n) is 21.6. The Morgan fingerprint density at radius 2 is 1.19 bits per heavy atom. The standard InChI is InChI=1S/C26H54NO3P/c1-6-8-9-10-11-12-13-14-15-16-17-18-19-20-21-22-23-25-30-31(28,29)26(24-7-2)27(3,4)5/h20-21,26H,6-19,22-25H2,1-5H3/p+1/b21-20-. The van der Waals surface area contributed by atoms with E-state index in [1.807, 2.05) is 28.1 Å². The van der Waals surface area contributed by atoms with Crippen LogP contribution >= 0.6 is 7.60 Å². The van der Waals surface area contributed by atoms with Crippen LogP contribution in [0, 0.1) is 0 Å².